The van der Waals surface area contributed by atoms with Crippen LogP contribution in [-0.2, 0) is 4.79 Å². The smallest absolute Gasteiger partial charge is 0.216 e. The lowest BCUT2D eigenvalue weighted by Crippen LogP contribution is -2.22. The maximum absolute atomic E-state index is 9.85. The summed E-state index contributed by atoms with van der Waals surface area (Å²) in [5.74, 6) is 0. The monoisotopic (exact) mass is 114 g/mol. The van der Waals surface area contributed by atoms with Gasteiger partial charge in [-0.05, 0) is 6.42 Å². The molecule has 8 heavy (non-hydrogen) atoms. The Balaban J connectivity index is 2.32. The summed E-state index contributed by atoms with van der Waals surface area (Å²) in [4.78, 5) is 9.85. The maximum atomic E-state index is 9.85. The van der Waals surface area contributed by atoms with Gasteiger partial charge in [-0.2, -0.15) is 0 Å². The van der Waals surface area contributed by atoms with Crippen LogP contribution in [0.2, 0.25) is 0 Å². The lowest BCUT2D eigenvalue weighted by atomic mass is 10.2. The highest BCUT2D eigenvalue weighted by Gasteiger charge is 2.21. The third-order valence-electron chi connectivity index (χ3n) is 1.25. The highest BCUT2D eigenvalue weighted by atomic mass is 16.3. The van der Waals surface area contributed by atoms with Gasteiger partial charge in [-0.3, -0.25) is 4.79 Å². The van der Waals surface area contributed by atoms with Gasteiger partial charge in [0.2, 0.25) is 6.29 Å². The van der Waals surface area contributed by atoms with Crippen LogP contribution in [0.4, 0.5) is 0 Å². The van der Waals surface area contributed by atoms with Gasteiger partial charge in [-0.15, -0.1) is 0 Å². The Morgan fingerprint density at radius 1 is 1.75 bits per heavy atom. The van der Waals surface area contributed by atoms with Crippen LogP contribution >= 0.6 is 0 Å². The Kier molecular flexibility index (Phi) is 1.60. The van der Waals surface area contributed by atoms with Gasteiger partial charge in [-0.25, -0.2) is 0 Å². The van der Waals surface area contributed by atoms with Gasteiger partial charge in [0.05, 0.1) is 12.1 Å². The fourth-order valence-electron chi connectivity index (χ4n) is 0.807. The van der Waals surface area contributed by atoms with E-state index in [0.717, 1.165) is 0 Å². The predicted molar refractivity (Wildman–Crippen MR) is 28.1 cm³/mol. The van der Waals surface area contributed by atoms with Crippen molar-refractivity contribution < 1.29 is 9.90 Å². The van der Waals surface area contributed by atoms with Crippen molar-refractivity contribution in [1.29, 1.82) is 0 Å². The molecule has 1 rings (SSSR count). The number of rotatable bonds is 1. The molecule has 3 heteroatoms. The molecule has 1 fully saturated rings. The molecule has 0 aromatic rings. The van der Waals surface area contributed by atoms with E-state index in [-0.39, 0.29) is 12.1 Å². The normalized spacial score (nSPS) is 37.6. The lowest BCUT2D eigenvalue weighted by Gasteiger charge is -1.93. The van der Waals surface area contributed by atoms with E-state index < -0.39 is 0 Å². The minimum Gasteiger partial charge on any atom is -0.392 e. The SMILES string of the molecule is O=[C]C1CC(O)CN1. The van der Waals surface area contributed by atoms with Crippen LogP contribution in [0.5, 0.6) is 0 Å². The van der Waals surface area contributed by atoms with Crippen LogP contribution in [0, 0.1) is 0 Å². The van der Waals surface area contributed by atoms with Crippen LogP contribution in [0.1, 0.15) is 6.42 Å². The van der Waals surface area contributed by atoms with E-state index in [1.165, 1.54) is 0 Å². The summed E-state index contributed by atoms with van der Waals surface area (Å²) >= 11 is 0. The third kappa shape index (κ3) is 1.05. The van der Waals surface area contributed by atoms with Crippen LogP contribution in [0.3, 0.4) is 0 Å². The third-order valence-corrected chi connectivity index (χ3v) is 1.25. The highest BCUT2D eigenvalue weighted by molar-refractivity contribution is 5.59. The van der Waals surface area contributed by atoms with E-state index in [1.54, 1.807) is 6.29 Å². The van der Waals surface area contributed by atoms with Crippen molar-refractivity contribution >= 4 is 6.29 Å². The Labute approximate surface area is 47.7 Å². The number of nitrogens with one attached hydrogen (secondary N) is 1. The summed E-state index contributed by atoms with van der Waals surface area (Å²) < 4.78 is 0. The average molecular weight is 114 g/mol. The summed E-state index contributed by atoms with van der Waals surface area (Å²) in [7, 11) is 0. The topological polar surface area (TPSA) is 49.3 Å². The molecule has 0 spiro atoms. The van der Waals surface area contributed by atoms with Crippen molar-refractivity contribution in [3.63, 3.8) is 0 Å². The van der Waals surface area contributed by atoms with E-state index in [0.29, 0.717) is 13.0 Å². The number of carbonyl (C=O) groups excluding carboxylic acids is 1. The second kappa shape index (κ2) is 2.24. The number of aliphatic hydroxyl groups is 1. The molecule has 45 valence electrons. The average Bonchev–Trinajstić information content (AvgIpc) is 2.14. The van der Waals surface area contributed by atoms with Crippen molar-refractivity contribution in [2.45, 2.75) is 18.6 Å². The first-order valence-corrected chi connectivity index (χ1v) is 2.62. The molecular formula is C5H8NO2. The molecule has 2 atom stereocenters. The molecular weight excluding hydrogens is 106 g/mol. The molecule has 0 amide bonds. The van der Waals surface area contributed by atoms with E-state index in [4.69, 9.17) is 5.11 Å². The zero-order chi connectivity index (χ0) is 5.98. The van der Waals surface area contributed by atoms with E-state index in [1.807, 2.05) is 0 Å². The van der Waals surface area contributed by atoms with E-state index >= 15 is 0 Å². The minimum absolute atomic E-state index is 0.231. The summed E-state index contributed by atoms with van der Waals surface area (Å²) in [6.07, 6.45) is 1.94. The van der Waals surface area contributed by atoms with Crippen LogP contribution in [-0.4, -0.2) is 30.1 Å². The van der Waals surface area contributed by atoms with Gasteiger partial charge in [0, 0.05) is 6.54 Å². The Hall–Kier alpha value is -0.410. The molecule has 1 radical (unpaired) electrons. The van der Waals surface area contributed by atoms with E-state index in [2.05, 4.69) is 5.32 Å². The molecule has 0 aromatic carbocycles. The summed E-state index contributed by atoms with van der Waals surface area (Å²) in [5.41, 5.74) is 0. The summed E-state index contributed by atoms with van der Waals surface area (Å²) in [6, 6.07) is -0.231. The van der Waals surface area contributed by atoms with Crippen LogP contribution in [0.15, 0.2) is 0 Å². The van der Waals surface area contributed by atoms with Crippen molar-refractivity contribution in [3.8, 4) is 0 Å². The highest BCUT2D eigenvalue weighted by Crippen LogP contribution is 2.02. The Bertz CT molecular complexity index is 94.4. The minimum atomic E-state index is -0.346. The molecule has 1 saturated heterocycles. The second-order valence-electron chi connectivity index (χ2n) is 1.97. The van der Waals surface area contributed by atoms with E-state index in [9.17, 15) is 4.79 Å². The summed E-state index contributed by atoms with van der Waals surface area (Å²) in [5, 5.41) is 11.6. The standard InChI is InChI=1S/C5H8NO2/c7-3-4-1-5(8)2-6-4/h4-6,8H,1-2H2. The van der Waals surface area contributed by atoms with Gasteiger partial charge in [0.25, 0.3) is 0 Å². The Morgan fingerprint density at radius 3 is 2.75 bits per heavy atom. The summed E-state index contributed by atoms with van der Waals surface area (Å²) in [6.45, 7) is 0.528. The number of hydrogen-bond acceptors (Lipinski definition) is 3. The maximum Gasteiger partial charge on any atom is 0.216 e. The number of hydrogen-bond donors (Lipinski definition) is 2. The van der Waals surface area contributed by atoms with Gasteiger partial charge >= 0.3 is 0 Å². The molecule has 1 heterocycles. The van der Waals surface area contributed by atoms with Gasteiger partial charge < -0.3 is 10.4 Å². The lowest BCUT2D eigenvalue weighted by molar-refractivity contribution is 0.195. The number of aliphatic hydroxyl groups excluding tert-OH is 1. The molecule has 2 N–H and O–H groups in total. The van der Waals surface area contributed by atoms with Gasteiger partial charge in [-0.1, -0.05) is 0 Å². The van der Waals surface area contributed by atoms with Crippen LogP contribution < -0.4 is 5.32 Å². The molecule has 1 aliphatic heterocycles. The zero-order valence-electron chi connectivity index (χ0n) is 4.42. The molecule has 0 aliphatic carbocycles. The quantitative estimate of drug-likeness (QED) is 0.451. The fourth-order valence-corrected chi connectivity index (χ4v) is 0.807. The molecule has 3 nitrogen and oxygen atoms in total. The van der Waals surface area contributed by atoms with Crippen molar-refractivity contribution in [2.75, 3.05) is 6.54 Å². The molecule has 0 saturated carbocycles. The molecule has 2 unspecified atom stereocenters. The van der Waals surface area contributed by atoms with Crippen molar-refractivity contribution in [3.05, 3.63) is 0 Å². The van der Waals surface area contributed by atoms with Gasteiger partial charge in [0.15, 0.2) is 0 Å². The number of β-amino-alcohol motifs (C(OH)–C–C–N with tert-alkyl or cyclic N) is 1. The molecule has 1 aliphatic rings. The first kappa shape index (κ1) is 5.72. The predicted octanol–water partition coefficient (Wildman–Crippen LogP) is -1.18. The Morgan fingerprint density at radius 2 is 2.50 bits per heavy atom. The first-order chi connectivity index (χ1) is 3.83. The van der Waals surface area contributed by atoms with Crippen molar-refractivity contribution in [2.24, 2.45) is 0 Å². The second-order valence-corrected chi connectivity index (χ2v) is 1.97. The van der Waals surface area contributed by atoms with Gasteiger partial charge in [0.1, 0.15) is 0 Å². The van der Waals surface area contributed by atoms with Crippen LogP contribution in [0.25, 0.3) is 0 Å². The fraction of sp³-hybridized carbons (Fsp3) is 0.800. The first-order valence-electron chi connectivity index (χ1n) is 2.62. The largest absolute Gasteiger partial charge is 0.392 e. The van der Waals surface area contributed by atoms with Crippen molar-refractivity contribution in [1.82, 2.24) is 5.32 Å². The zero-order valence-corrected chi connectivity index (χ0v) is 4.42. The molecule has 0 aromatic heterocycles. The molecule has 0 bridgehead atoms.